The maximum atomic E-state index is 13.3. The van der Waals surface area contributed by atoms with Crippen LogP contribution in [0.3, 0.4) is 0 Å². The van der Waals surface area contributed by atoms with Crippen LogP contribution in [0.1, 0.15) is 10.8 Å². The molecule has 8 nitrogen and oxygen atoms in total. The van der Waals surface area contributed by atoms with Gasteiger partial charge in [-0.2, -0.15) is 0 Å². The number of hydrogen-bond donors (Lipinski definition) is 1. The van der Waals surface area contributed by atoms with Crippen molar-refractivity contribution in [2.75, 3.05) is 19.8 Å². The molecular weight excluding hydrogens is 440 g/mol. The summed E-state index contributed by atoms with van der Waals surface area (Å²) >= 11 is 0. The van der Waals surface area contributed by atoms with Crippen LogP contribution in [0, 0.1) is 0 Å². The quantitative estimate of drug-likeness (QED) is 0.576. The fourth-order valence-corrected chi connectivity index (χ4v) is 6.04. The smallest absolute Gasteiger partial charge is 0.240 e. The molecule has 0 fully saturated rings. The van der Waals surface area contributed by atoms with Gasteiger partial charge in [0.2, 0.25) is 10.0 Å². The van der Waals surface area contributed by atoms with Crippen LogP contribution in [-0.4, -0.2) is 41.6 Å². The third-order valence-corrected chi connectivity index (χ3v) is 8.32. The molecule has 31 heavy (non-hydrogen) atoms. The molecular formula is C21H20N2O6S2. The Kier molecular flexibility index (Phi) is 5.94. The van der Waals surface area contributed by atoms with Crippen molar-refractivity contribution in [1.82, 2.24) is 9.71 Å². The first-order valence-electron chi connectivity index (χ1n) is 9.46. The van der Waals surface area contributed by atoms with Gasteiger partial charge in [-0.05, 0) is 35.9 Å². The molecule has 2 heterocycles. The van der Waals surface area contributed by atoms with Crippen molar-refractivity contribution in [1.29, 1.82) is 0 Å². The predicted octanol–water partition coefficient (Wildman–Crippen LogP) is 2.35. The SMILES string of the molecule is O=S(=O)(NC[C@H](c1cccnc1)S(=O)(=O)c1ccccc1)c1ccc2c(c1)OCCO2. The second-order valence-corrected chi connectivity index (χ2v) is 10.7. The number of sulfone groups is 1. The lowest BCUT2D eigenvalue weighted by Gasteiger charge is -2.20. The van der Waals surface area contributed by atoms with Crippen molar-refractivity contribution >= 4 is 19.9 Å². The maximum absolute atomic E-state index is 13.3. The van der Waals surface area contributed by atoms with E-state index >= 15 is 0 Å². The average Bonchev–Trinajstić information content (AvgIpc) is 2.80. The monoisotopic (exact) mass is 460 g/mol. The summed E-state index contributed by atoms with van der Waals surface area (Å²) in [7, 11) is -7.89. The Morgan fingerprint density at radius 1 is 0.871 bits per heavy atom. The van der Waals surface area contributed by atoms with E-state index < -0.39 is 25.1 Å². The zero-order valence-electron chi connectivity index (χ0n) is 16.3. The highest BCUT2D eigenvalue weighted by Crippen LogP contribution is 2.33. The second kappa shape index (κ2) is 8.66. The summed E-state index contributed by atoms with van der Waals surface area (Å²) in [5, 5.41) is -1.16. The van der Waals surface area contributed by atoms with Crippen LogP contribution < -0.4 is 14.2 Å². The van der Waals surface area contributed by atoms with Crippen LogP contribution in [0.4, 0.5) is 0 Å². The van der Waals surface area contributed by atoms with Gasteiger partial charge in [0.1, 0.15) is 18.5 Å². The molecule has 0 saturated carbocycles. The molecule has 4 rings (SSSR count). The number of benzene rings is 2. The first-order valence-corrected chi connectivity index (χ1v) is 12.5. The summed E-state index contributed by atoms with van der Waals surface area (Å²) in [4.78, 5) is 4.05. The Balaban J connectivity index is 1.64. The number of aromatic nitrogens is 1. The summed E-state index contributed by atoms with van der Waals surface area (Å²) in [5.41, 5.74) is 0.385. The highest BCUT2D eigenvalue weighted by Gasteiger charge is 2.31. The van der Waals surface area contributed by atoms with Gasteiger partial charge < -0.3 is 9.47 Å². The number of rotatable bonds is 7. The van der Waals surface area contributed by atoms with Crippen molar-refractivity contribution in [3.63, 3.8) is 0 Å². The molecule has 0 amide bonds. The molecule has 0 bridgehead atoms. The minimum atomic E-state index is -4.01. The Bertz CT molecular complexity index is 1260. The average molecular weight is 461 g/mol. The number of ether oxygens (including phenoxy) is 2. The summed E-state index contributed by atoms with van der Waals surface area (Å²) < 4.78 is 65.6. The van der Waals surface area contributed by atoms with E-state index in [4.69, 9.17) is 9.47 Å². The van der Waals surface area contributed by atoms with E-state index in [9.17, 15) is 16.8 Å². The first-order chi connectivity index (χ1) is 14.9. The number of nitrogens with zero attached hydrogens (tertiary/aromatic N) is 1. The predicted molar refractivity (Wildman–Crippen MR) is 113 cm³/mol. The highest BCUT2D eigenvalue weighted by atomic mass is 32.2. The maximum Gasteiger partial charge on any atom is 0.240 e. The van der Waals surface area contributed by atoms with E-state index in [2.05, 4.69) is 9.71 Å². The molecule has 2 aromatic carbocycles. The number of pyridine rings is 1. The van der Waals surface area contributed by atoms with Crippen LogP contribution in [0.5, 0.6) is 11.5 Å². The summed E-state index contributed by atoms with van der Waals surface area (Å²) in [6.07, 6.45) is 2.94. The van der Waals surface area contributed by atoms with Crippen molar-refractivity contribution in [2.45, 2.75) is 15.0 Å². The normalized spacial score (nSPS) is 14.7. The third-order valence-electron chi connectivity index (χ3n) is 4.79. The molecule has 0 saturated heterocycles. The van der Waals surface area contributed by atoms with Crippen LogP contribution in [0.25, 0.3) is 0 Å². The van der Waals surface area contributed by atoms with Gasteiger partial charge >= 0.3 is 0 Å². The molecule has 3 aromatic rings. The molecule has 0 unspecified atom stereocenters. The molecule has 1 aliphatic rings. The topological polar surface area (TPSA) is 112 Å². The van der Waals surface area contributed by atoms with E-state index in [1.807, 2.05) is 0 Å². The minimum absolute atomic E-state index is 0.0428. The lowest BCUT2D eigenvalue weighted by Crippen LogP contribution is -2.32. The Labute approximate surface area is 180 Å². The Hall–Kier alpha value is -2.95. The molecule has 162 valence electrons. The van der Waals surface area contributed by atoms with Gasteiger partial charge in [0.15, 0.2) is 21.3 Å². The zero-order valence-corrected chi connectivity index (χ0v) is 18.0. The second-order valence-electron chi connectivity index (χ2n) is 6.79. The Morgan fingerprint density at radius 3 is 2.32 bits per heavy atom. The first kappa shape index (κ1) is 21.3. The van der Waals surface area contributed by atoms with E-state index in [-0.39, 0.29) is 16.3 Å². The summed E-state index contributed by atoms with van der Waals surface area (Å²) in [5.74, 6) is 0.792. The van der Waals surface area contributed by atoms with Gasteiger partial charge in [-0.1, -0.05) is 24.3 Å². The molecule has 1 atom stereocenters. The molecule has 0 spiro atoms. The number of sulfonamides is 1. The third kappa shape index (κ3) is 4.55. The lowest BCUT2D eigenvalue weighted by molar-refractivity contribution is 0.171. The molecule has 1 aliphatic heterocycles. The molecule has 0 radical (unpaired) electrons. The molecule has 1 aromatic heterocycles. The fourth-order valence-electron chi connectivity index (χ4n) is 3.21. The molecule has 10 heteroatoms. The number of nitrogens with one attached hydrogen (secondary N) is 1. The number of fused-ring (bicyclic) bond motifs is 1. The van der Waals surface area contributed by atoms with E-state index in [0.29, 0.717) is 30.3 Å². The van der Waals surface area contributed by atoms with Gasteiger partial charge in [-0.3, -0.25) is 4.98 Å². The van der Waals surface area contributed by atoms with Crippen LogP contribution in [-0.2, 0) is 19.9 Å². The van der Waals surface area contributed by atoms with Crippen LogP contribution >= 0.6 is 0 Å². The van der Waals surface area contributed by atoms with Gasteiger partial charge in [-0.25, -0.2) is 21.6 Å². The summed E-state index contributed by atoms with van der Waals surface area (Å²) in [6, 6.07) is 15.4. The highest BCUT2D eigenvalue weighted by molar-refractivity contribution is 7.92. The van der Waals surface area contributed by atoms with Crippen molar-refractivity contribution < 1.29 is 26.3 Å². The van der Waals surface area contributed by atoms with Gasteiger partial charge in [0.25, 0.3) is 0 Å². The summed E-state index contributed by atoms with van der Waals surface area (Å²) in [6.45, 7) is 0.351. The van der Waals surface area contributed by atoms with Gasteiger partial charge in [-0.15, -0.1) is 0 Å². The Morgan fingerprint density at radius 2 is 1.61 bits per heavy atom. The molecule has 1 N–H and O–H groups in total. The lowest BCUT2D eigenvalue weighted by atomic mass is 10.2. The van der Waals surface area contributed by atoms with E-state index in [0.717, 1.165) is 0 Å². The van der Waals surface area contributed by atoms with Gasteiger partial charge in [0, 0.05) is 25.0 Å². The van der Waals surface area contributed by atoms with Crippen molar-refractivity contribution in [2.24, 2.45) is 0 Å². The van der Waals surface area contributed by atoms with Crippen LogP contribution in [0.2, 0.25) is 0 Å². The van der Waals surface area contributed by atoms with Gasteiger partial charge in [0.05, 0.1) is 9.79 Å². The largest absolute Gasteiger partial charge is 0.486 e. The molecule has 0 aliphatic carbocycles. The minimum Gasteiger partial charge on any atom is -0.486 e. The van der Waals surface area contributed by atoms with E-state index in [1.165, 1.54) is 42.7 Å². The van der Waals surface area contributed by atoms with Crippen molar-refractivity contribution in [3.8, 4) is 11.5 Å². The van der Waals surface area contributed by atoms with Crippen LogP contribution in [0.15, 0.2) is 82.8 Å². The van der Waals surface area contributed by atoms with E-state index in [1.54, 1.807) is 30.3 Å². The standard InChI is InChI=1S/C21H20N2O6S2/c24-30(25,17-6-2-1-3-7-17)21(16-5-4-10-22-14-16)15-23-31(26,27)18-8-9-19-20(13-18)29-12-11-28-19/h1-10,13-14,21,23H,11-12,15H2/t21-/m1/s1. The zero-order chi connectivity index (χ0) is 21.9. The van der Waals surface area contributed by atoms with Crippen molar-refractivity contribution in [3.05, 3.63) is 78.6 Å². The number of hydrogen-bond acceptors (Lipinski definition) is 7. The fraction of sp³-hybridized carbons (Fsp3) is 0.190.